The summed E-state index contributed by atoms with van der Waals surface area (Å²) < 4.78 is 5.27. The van der Waals surface area contributed by atoms with E-state index in [4.69, 9.17) is 16.3 Å². The highest BCUT2D eigenvalue weighted by Crippen LogP contribution is 2.16. The number of benzene rings is 2. The molecule has 2 rings (SSSR count). The molecule has 0 saturated carbocycles. The third kappa shape index (κ3) is 3.48. The van der Waals surface area contributed by atoms with Gasteiger partial charge in [-0.1, -0.05) is 35.9 Å². The molecule has 0 atom stereocenters. The second-order valence-corrected chi connectivity index (χ2v) is 4.43. The number of carbonyl (C=O) groups is 1. The number of esters is 1. The quantitative estimate of drug-likeness (QED) is 0.864. The van der Waals surface area contributed by atoms with Crippen LogP contribution in [0.5, 0.6) is 0 Å². The van der Waals surface area contributed by atoms with Crippen LogP contribution in [0.1, 0.15) is 15.9 Å². The Morgan fingerprint density at radius 2 is 1.84 bits per heavy atom. The van der Waals surface area contributed by atoms with Gasteiger partial charge in [0, 0.05) is 17.8 Å². The Balaban J connectivity index is 2.03. The van der Waals surface area contributed by atoms with Gasteiger partial charge in [-0.05, 0) is 29.8 Å². The zero-order chi connectivity index (χ0) is 13.7. The van der Waals surface area contributed by atoms with E-state index in [1.807, 2.05) is 24.3 Å². The third-order valence-electron chi connectivity index (χ3n) is 2.70. The number of halogens is 1. The number of ether oxygens (including phenoxy) is 1. The van der Waals surface area contributed by atoms with Crippen molar-refractivity contribution in [3.05, 3.63) is 64.7 Å². The van der Waals surface area contributed by atoms with Crippen molar-refractivity contribution in [2.45, 2.75) is 6.61 Å². The van der Waals surface area contributed by atoms with Crippen LogP contribution in [0.15, 0.2) is 48.5 Å². The molecular formula is C15H14ClNO2. The summed E-state index contributed by atoms with van der Waals surface area (Å²) in [5.74, 6) is -0.347. The molecule has 0 unspecified atom stereocenters. The van der Waals surface area contributed by atoms with Crippen LogP contribution in [0.3, 0.4) is 0 Å². The first-order valence-corrected chi connectivity index (χ1v) is 6.27. The lowest BCUT2D eigenvalue weighted by Crippen LogP contribution is -2.08. The largest absolute Gasteiger partial charge is 0.457 e. The van der Waals surface area contributed by atoms with E-state index in [9.17, 15) is 4.79 Å². The number of hydrogen-bond acceptors (Lipinski definition) is 3. The standard InChI is InChI=1S/C15H14ClNO2/c1-17-14-5-3-2-4-13(14)15(18)19-10-11-6-8-12(16)9-7-11/h2-9,17H,10H2,1H3. The normalized spacial score (nSPS) is 10.0. The van der Waals surface area contributed by atoms with Gasteiger partial charge in [0.05, 0.1) is 5.56 Å². The van der Waals surface area contributed by atoms with E-state index in [1.165, 1.54) is 0 Å². The predicted octanol–water partition coefficient (Wildman–Crippen LogP) is 3.74. The molecular weight excluding hydrogens is 262 g/mol. The molecule has 0 saturated heterocycles. The summed E-state index contributed by atoms with van der Waals surface area (Å²) in [6.07, 6.45) is 0. The van der Waals surface area contributed by atoms with E-state index >= 15 is 0 Å². The van der Waals surface area contributed by atoms with Gasteiger partial charge in [0.1, 0.15) is 6.61 Å². The molecule has 0 fully saturated rings. The van der Waals surface area contributed by atoms with Crippen LogP contribution in [-0.4, -0.2) is 13.0 Å². The van der Waals surface area contributed by atoms with E-state index in [0.717, 1.165) is 11.3 Å². The molecule has 19 heavy (non-hydrogen) atoms. The molecule has 98 valence electrons. The number of rotatable bonds is 4. The molecule has 0 bridgehead atoms. The summed E-state index contributed by atoms with van der Waals surface area (Å²) in [4.78, 5) is 12.0. The Labute approximate surface area is 117 Å². The molecule has 0 aliphatic carbocycles. The zero-order valence-corrected chi connectivity index (χ0v) is 11.3. The fourth-order valence-corrected chi connectivity index (χ4v) is 1.81. The van der Waals surface area contributed by atoms with Gasteiger partial charge >= 0.3 is 5.97 Å². The Hall–Kier alpha value is -2.00. The van der Waals surface area contributed by atoms with Crippen LogP contribution in [0.25, 0.3) is 0 Å². The molecule has 0 aliphatic heterocycles. The summed E-state index contributed by atoms with van der Waals surface area (Å²) in [6.45, 7) is 0.230. The van der Waals surface area contributed by atoms with E-state index in [1.54, 1.807) is 31.3 Å². The highest BCUT2D eigenvalue weighted by Gasteiger charge is 2.11. The Morgan fingerprint density at radius 3 is 2.53 bits per heavy atom. The molecule has 0 aliphatic rings. The Bertz CT molecular complexity index is 567. The topological polar surface area (TPSA) is 38.3 Å². The minimum atomic E-state index is -0.347. The summed E-state index contributed by atoms with van der Waals surface area (Å²) in [6, 6.07) is 14.4. The molecule has 2 aromatic carbocycles. The molecule has 4 heteroatoms. The van der Waals surface area contributed by atoms with Crippen molar-refractivity contribution in [2.75, 3.05) is 12.4 Å². The number of carbonyl (C=O) groups excluding carboxylic acids is 1. The van der Waals surface area contributed by atoms with Gasteiger partial charge in [-0.25, -0.2) is 4.79 Å². The van der Waals surface area contributed by atoms with Crippen LogP contribution in [-0.2, 0) is 11.3 Å². The molecule has 3 nitrogen and oxygen atoms in total. The van der Waals surface area contributed by atoms with Crippen LogP contribution >= 0.6 is 11.6 Å². The lowest BCUT2D eigenvalue weighted by atomic mass is 10.2. The summed E-state index contributed by atoms with van der Waals surface area (Å²) >= 11 is 5.79. The smallest absolute Gasteiger partial charge is 0.340 e. The average molecular weight is 276 g/mol. The number of anilines is 1. The fraction of sp³-hybridized carbons (Fsp3) is 0.133. The predicted molar refractivity (Wildman–Crippen MR) is 76.6 cm³/mol. The van der Waals surface area contributed by atoms with Crippen molar-refractivity contribution in [2.24, 2.45) is 0 Å². The van der Waals surface area contributed by atoms with Crippen LogP contribution in [0.4, 0.5) is 5.69 Å². The molecule has 0 spiro atoms. The maximum absolute atomic E-state index is 12.0. The second kappa shape index (κ2) is 6.25. The minimum absolute atomic E-state index is 0.230. The van der Waals surface area contributed by atoms with Gasteiger partial charge in [-0.3, -0.25) is 0 Å². The fourth-order valence-electron chi connectivity index (χ4n) is 1.69. The maximum atomic E-state index is 12.0. The molecule has 2 aromatic rings. The van der Waals surface area contributed by atoms with Crippen molar-refractivity contribution in [3.63, 3.8) is 0 Å². The first kappa shape index (κ1) is 13.4. The highest BCUT2D eigenvalue weighted by atomic mass is 35.5. The van der Waals surface area contributed by atoms with Crippen molar-refractivity contribution < 1.29 is 9.53 Å². The lowest BCUT2D eigenvalue weighted by molar-refractivity contribution is 0.0474. The van der Waals surface area contributed by atoms with E-state index in [-0.39, 0.29) is 12.6 Å². The average Bonchev–Trinajstić information content (AvgIpc) is 2.46. The van der Waals surface area contributed by atoms with Gasteiger partial charge in [0.2, 0.25) is 0 Å². The number of nitrogens with one attached hydrogen (secondary N) is 1. The van der Waals surface area contributed by atoms with Gasteiger partial charge < -0.3 is 10.1 Å². The zero-order valence-electron chi connectivity index (χ0n) is 10.5. The van der Waals surface area contributed by atoms with E-state index < -0.39 is 0 Å². The van der Waals surface area contributed by atoms with Crippen LogP contribution in [0, 0.1) is 0 Å². The van der Waals surface area contributed by atoms with Gasteiger partial charge in [-0.2, -0.15) is 0 Å². The second-order valence-electron chi connectivity index (χ2n) is 4.00. The maximum Gasteiger partial charge on any atom is 0.340 e. The van der Waals surface area contributed by atoms with Crippen LogP contribution in [0.2, 0.25) is 5.02 Å². The minimum Gasteiger partial charge on any atom is -0.457 e. The highest BCUT2D eigenvalue weighted by molar-refractivity contribution is 6.30. The lowest BCUT2D eigenvalue weighted by Gasteiger charge is -2.09. The summed E-state index contributed by atoms with van der Waals surface area (Å²) in [7, 11) is 1.77. The SMILES string of the molecule is CNc1ccccc1C(=O)OCc1ccc(Cl)cc1. The van der Waals surface area contributed by atoms with Crippen LogP contribution < -0.4 is 5.32 Å². The van der Waals surface area contributed by atoms with E-state index in [2.05, 4.69) is 5.32 Å². The van der Waals surface area contributed by atoms with E-state index in [0.29, 0.717) is 10.6 Å². The number of hydrogen-bond donors (Lipinski definition) is 1. The van der Waals surface area contributed by atoms with Crippen molar-refractivity contribution in [1.82, 2.24) is 0 Å². The molecule has 0 radical (unpaired) electrons. The van der Waals surface area contributed by atoms with Gasteiger partial charge in [0.25, 0.3) is 0 Å². The molecule has 0 amide bonds. The van der Waals surface area contributed by atoms with Gasteiger partial charge in [0.15, 0.2) is 0 Å². The number of para-hydroxylation sites is 1. The first-order valence-electron chi connectivity index (χ1n) is 5.89. The van der Waals surface area contributed by atoms with Crippen molar-refractivity contribution >= 4 is 23.3 Å². The molecule has 0 aromatic heterocycles. The van der Waals surface area contributed by atoms with Gasteiger partial charge in [-0.15, -0.1) is 0 Å². The Morgan fingerprint density at radius 1 is 1.16 bits per heavy atom. The third-order valence-corrected chi connectivity index (χ3v) is 2.95. The molecule has 1 N–H and O–H groups in total. The van der Waals surface area contributed by atoms with Crippen molar-refractivity contribution in [3.8, 4) is 0 Å². The van der Waals surface area contributed by atoms with Crippen molar-refractivity contribution in [1.29, 1.82) is 0 Å². The summed E-state index contributed by atoms with van der Waals surface area (Å²) in [5, 5.41) is 3.63. The summed E-state index contributed by atoms with van der Waals surface area (Å²) in [5.41, 5.74) is 2.18. The monoisotopic (exact) mass is 275 g/mol. The first-order chi connectivity index (χ1) is 9.20. The Kier molecular flexibility index (Phi) is 4.42. The molecule has 0 heterocycles.